The predicted octanol–water partition coefficient (Wildman–Crippen LogP) is 2.43. The van der Waals surface area contributed by atoms with Crippen molar-refractivity contribution >= 4 is 5.91 Å². The van der Waals surface area contributed by atoms with Gasteiger partial charge in [-0.15, -0.1) is 0 Å². The number of hydrogen-bond acceptors (Lipinski definition) is 3. The van der Waals surface area contributed by atoms with E-state index in [2.05, 4.69) is 10.2 Å². The molecule has 2 fully saturated rings. The number of piperidine rings is 1. The Bertz CT molecular complexity index is 327. The molecule has 2 aliphatic rings. The Morgan fingerprint density at radius 3 is 2.71 bits per heavy atom. The monoisotopic (exact) mass is 296 g/mol. The molecule has 0 unspecified atom stereocenters. The third kappa shape index (κ3) is 4.68. The van der Waals surface area contributed by atoms with Crippen molar-refractivity contribution in [3.05, 3.63) is 0 Å². The highest BCUT2D eigenvalue weighted by molar-refractivity contribution is 5.78. The largest absolute Gasteiger partial charge is 0.385 e. The smallest absolute Gasteiger partial charge is 0.224 e. The van der Waals surface area contributed by atoms with Crippen LogP contribution in [0.5, 0.6) is 0 Å². The molecule has 4 heteroatoms. The summed E-state index contributed by atoms with van der Waals surface area (Å²) in [4.78, 5) is 14.4. The van der Waals surface area contributed by atoms with Gasteiger partial charge in [0.2, 0.25) is 5.91 Å². The van der Waals surface area contributed by atoms with Gasteiger partial charge in [-0.3, -0.25) is 4.79 Å². The number of likely N-dealkylation sites (tertiary alicyclic amines) is 1. The van der Waals surface area contributed by atoms with Crippen molar-refractivity contribution in [3.63, 3.8) is 0 Å². The van der Waals surface area contributed by atoms with E-state index >= 15 is 0 Å². The zero-order chi connectivity index (χ0) is 15.1. The second kappa shape index (κ2) is 8.14. The SMILES string of the molecule is CNC(=O)[C@@H]1CCCN(CC2(CCOC)CCCCC2)C1. The van der Waals surface area contributed by atoms with E-state index in [0.29, 0.717) is 5.41 Å². The number of ether oxygens (including phenoxy) is 1. The number of hydrogen-bond donors (Lipinski definition) is 1. The van der Waals surface area contributed by atoms with E-state index < -0.39 is 0 Å². The molecule has 122 valence electrons. The van der Waals surface area contributed by atoms with Crippen molar-refractivity contribution in [1.82, 2.24) is 10.2 Å². The van der Waals surface area contributed by atoms with Gasteiger partial charge in [0.15, 0.2) is 0 Å². The molecular formula is C17H32N2O2. The fraction of sp³-hybridized carbons (Fsp3) is 0.941. The number of rotatable bonds is 6. The van der Waals surface area contributed by atoms with Crippen molar-refractivity contribution in [3.8, 4) is 0 Å². The van der Waals surface area contributed by atoms with Gasteiger partial charge in [-0.2, -0.15) is 0 Å². The van der Waals surface area contributed by atoms with Gasteiger partial charge < -0.3 is 15.0 Å². The fourth-order valence-corrected chi connectivity index (χ4v) is 4.20. The average Bonchev–Trinajstić information content (AvgIpc) is 2.53. The summed E-state index contributed by atoms with van der Waals surface area (Å²) in [5, 5.41) is 2.82. The van der Waals surface area contributed by atoms with E-state index in [4.69, 9.17) is 4.74 Å². The molecule has 1 atom stereocenters. The Kier molecular flexibility index (Phi) is 6.49. The molecule has 1 heterocycles. The minimum absolute atomic E-state index is 0.187. The van der Waals surface area contributed by atoms with Crippen molar-refractivity contribution in [2.75, 3.05) is 40.4 Å². The lowest BCUT2D eigenvalue weighted by Gasteiger charge is -2.43. The van der Waals surface area contributed by atoms with Gasteiger partial charge in [0.05, 0.1) is 5.92 Å². The molecule has 0 aromatic carbocycles. The van der Waals surface area contributed by atoms with Gasteiger partial charge in [0.25, 0.3) is 0 Å². The third-order valence-corrected chi connectivity index (χ3v) is 5.43. The Morgan fingerprint density at radius 1 is 1.29 bits per heavy atom. The second-order valence-electron chi connectivity index (χ2n) is 6.99. The molecule has 1 saturated heterocycles. The summed E-state index contributed by atoms with van der Waals surface area (Å²) < 4.78 is 5.35. The lowest BCUT2D eigenvalue weighted by molar-refractivity contribution is -0.126. The van der Waals surface area contributed by atoms with Crippen LogP contribution >= 0.6 is 0 Å². The van der Waals surface area contributed by atoms with Gasteiger partial charge >= 0.3 is 0 Å². The highest BCUT2D eigenvalue weighted by atomic mass is 16.5. The molecule has 1 N–H and O–H groups in total. The summed E-state index contributed by atoms with van der Waals surface area (Å²) in [6.07, 6.45) is 10.1. The average molecular weight is 296 g/mol. The van der Waals surface area contributed by atoms with Crippen LogP contribution in [0.25, 0.3) is 0 Å². The molecule has 1 aliphatic carbocycles. The molecular weight excluding hydrogens is 264 g/mol. The van der Waals surface area contributed by atoms with Crippen LogP contribution in [0, 0.1) is 11.3 Å². The molecule has 1 amide bonds. The minimum atomic E-state index is 0.187. The van der Waals surface area contributed by atoms with Crippen LogP contribution in [0.1, 0.15) is 51.4 Å². The van der Waals surface area contributed by atoms with Crippen LogP contribution in [-0.2, 0) is 9.53 Å². The van der Waals surface area contributed by atoms with Gasteiger partial charge in [-0.25, -0.2) is 0 Å². The molecule has 1 aliphatic heterocycles. The van der Waals surface area contributed by atoms with Gasteiger partial charge in [0.1, 0.15) is 0 Å². The Hall–Kier alpha value is -0.610. The van der Waals surface area contributed by atoms with E-state index in [0.717, 1.165) is 39.1 Å². The first-order valence-corrected chi connectivity index (χ1v) is 8.62. The van der Waals surface area contributed by atoms with Crippen LogP contribution in [0.3, 0.4) is 0 Å². The van der Waals surface area contributed by atoms with Crippen molar-refractivity contribution in [2.24, 2.45) is 11.3 Å². The molecule has 0 aromatic heterocycles. The second-order valence-corrected chi connectivity index (χ2v) is 6.99. The summed E-state index contributed by atoms with van der Waals surface area (Å²) in [5.41, 5.74) is 0.429. The van der Waals surface area contributed by atoms with Gasteiger partial charge in [0, 0.05) is 33.9 Å². The summed E-state index contributed by atoms with van der Waals surface area (Å²) in [6, 6.07) is 0. The molecule has 21 heavy (non-hydrogen) atoms. The maximum atomic E-state index is 11.9. The number of carbonyl (C=O) groups is 1. The number of methoxy groups -OCH3 is 1. The van der Waals surface area contributed by atoms with Crippen molar-refractivity contribution in [2.45, 2.75) is 51.4 Å². The molecule has 0 aromatic rings. The normalized spacial score (nSPS) is 26.5. The lowest BCUT2D eigenvalue weighted by atomic mass is 9.71. The van der Waals surface area contributed by atoms with Gasteiger partial charge in [-0.05, 0) is 44.1 Å². The van der Waals surface area contributed by atoms with Crippen LogP contribution in [0.15, 0.2) is 0 Å². The number of carbonyl (C=O) groups excluding carboxylic acids is 1. The maximum absolute atomic E-state index is 11.9. The summed E-state index contributed by atoms with van der Waals surface area (Å²) >= 11 is 0. The van der Waals surface area contributed by atoms with Crippen LogP contribution in [-0.4, -0.2) is 51.2 Å². The molecule has 0 radical (unpaired) electrons. The van der Waals surface area contributed by atoms with Gasteiger partial charge in [-0.1, -0.05) is 19.3 Å². The molecule has 0 bridgehead atoms. The van der Waals surface area contributed by atoms with E-state index in [-0.39, 0.29) is 11.8 Å². The number of amides is 1. The first kappa shape index (κ1) is 16.8. The molecule has 0 spiro atoms. The predicted molar refractivity (Wildman–Crippen MR) is 85.2 cm³/mol. The van der Waals surface area contributed by atoms with E-state index in [9.17, 15) is 4.79 Å². The molecule has 1 saturated carbocycles. The summed E-state index contributed by atoms with van der Waals surface area (Å²) in [5.74, 6) is 0.404. The maximum Gasteiger partial charge on any atom is 0.224 e. The number of nitrogens with zero attached hydrogens (tertiary/aromatic N) is 1. The van der Waals surface area contributed by atoms with Crippen LogP contribution < -0.4 is 5.32 Å². The fourth-order valence-electron chi connectivity index (χ4n) is 4.20. The van der Waals surface area contributed by atoms with E-state index in [1.54, 1.807) is 14.2 Å². The Balaban J connectivity index is 1.94. The Labute approximate surface area is 129 Å². The van der Waals surface area contributed by atoms with E-state index in [1.165, 1.54) is 38.5 Å². The summed E-state index contributed by atoms with van der Waals surface area (Å²) in [6.45, 7) is 4.12. The first-order valence-electron chi connectivity index (χ1n) is 8.62. The Morgan fingerprint density at radius 2 is 2.05 bits per heavy atom. The topological polar surface area (TPSA) is 41.6 Å². The first-order chi connectivity index (χ1) is 10.2. The third-order valence-electron chi connectivity index (χ3n) is 5.43. The highest BCUT2D eigenvalue weighted by Crippen LogP contribution is 2.40. The van der Waals surface area contributed by atoms with Crippen molar-refractivity contribution < 1.29 is 9.53 Å². The quantitative estimate of drug-likeness (QED) is 0.818. The zero-order valence-corrected chi connectivity index (χ0v) is 13.8. The molecule has 2 rings (SSSR count). The number of nitrogens with one attached hydrogen (secondary N) is 1. The highest BCUT2D eigenvalue weighted by Gasteiger charge is 2.35. The lowest BCUT2D eigenvalue weighted by Crippen LogP contribution is -2.47. The summed E-state index contributed by atoms with van der Waals surface area (Å²) in [7, 11) is 3.56. The van der Waals surface area contributed by atoms with Crippen LogP contribution in [0.4, 0.5) is 0 Å². The minimum Gasteiger partial charge on any atom is -0.385 e. The van der Waals surface area contributed by atoms with E-state index in [1.807, 2.05) is 0 Å². The standard InChI is InChI=1S/C17H32N2O2/c1-18-16(20)15-7-6-11-19(13-15)14-17(10-12-21-2)8-4-3-5-9-17/h15H,3-14H2,1-2H3,(H,18,20)/t15-/m1/s1. The van der Waals surface area contributed by atoms with Crippen molar-refractivity contribution in [1.29, 1.82) is 0 Å². The van der Waals surface area contributed by atoms with Crippen LogP contribution in [0.2, 0.25) is 0 Å². The molecule has 4 nitrogen and oxygen atoms in total. The zero-order valence-electron chi connectivity index (χ0n) is 13.8.